The molecule has 0 heterocycles. The molecule has 98 valence electrons. The summed E-state index contributed by atoms with van der Waals surface area (Å²) in [7, 11) is 2.56. The molecule has 6 nitrogen and oxygen atoms in total. The van der Waals surface area contributed by atoms with Crippen LogP contribution in [0.3, 0.4) is 0 Å². The van der Waals surface area contributed by atoms with Crippen LogP contribution in [0.5, 0.6) is 5.75 Å². The summed E-state index contributed by atoms with van der Waals surface area (Å²) in [6.45, 7) is 0.476. The zero-order valence-electron chi connectivity index (χ0n) is 10.3. The predicted molar refractivity (Wildman–Crippen MR) is 63.6 cm³/mol. The van der Waals surface area contributed by atoms with E-state index in [1.807, 2.05) is 0 Å². The molecule has 0 saturated carbocycles. The van der Waals surface area contributed by atoms with E-state index in [2.05, 4.69) is 14.8 Å². The number of nitrogens with one attached hydrogen (secondary N) is 1. The maximum Gasteiger partial charge on any atom is 0.513 e. The van der Waals surface area contributed by atoms with E-state index in [0.29, 0.717) is 18.7 Å². The van der Waals surface area contributed by atoms with E-state index in [0.717, 1.165) is 5.56 Å². The Hall–Kier alpha value is -2.24. The number of alkyl carbamates (subject to hydrolysis) is 1. The van der Waals surface area contributed by atoms with Gasteiger partial charge in [-0.25, -0.2) is 9.59 Å². The molecule has 0 atom stereocenters. The first-order valence-electron chi connectivity index (χ1n) is 5.32. The molecule has 0 aliphatic carbocycles. The molecule has 1 N–H and O–H groups in total. The largest absolute Gasteiger partial charge is 0.513 e. The van der Waals surface area contributed by atoms with Crippen molar-refractivity contribution < 1.29 is 23.8 Å². The van der Waals surface area contributed by atoms with E-state index in [1.54, 1.807) is 24.3 Å². The van der Waals surface area contributed by atoms with Crippen LogP contribution in [0.15, 0.2) is 24.3 Å². The quantitative estimate of drug-likeness (QED) is 0.653. The van der Waals surface area contributed by atoms with Gasteiger partial charge >= 0.3 is 12.2 Å². The summed E-state index contributed by atoms with van der Waals surface area (Å²) in [6.07, 6.45) is -0.552. The van der Waals surface area contributed by atoms with E-state index in [-0.39, 0.29) is 0 Å². The maximum atomic E-state index is 10.8. The normalized spacial score (nSPS) is 9.44. The zero-order valence-corrected chi connectivity index (χ0v) is 10.3. The molecular formula is C12H15NO5. The summed E-state index contributed by atoms with van der Waals surface area (Å²) in [5.41, 5.74) is 1.00. The van der Waals surface area contributed by atoms with E-state index in [9.17, 15) is 9.59 Å². The Bertz CT molecular complexity index is 401. The van der Waals surface area contributed by atoms with Crippen molar-refractivity contribution in [3.8, 4) is 5.75 Å². The second-order valence-electron chi connectivity index (χ2n) is 3.37. The summed E-state index contributed by atoms with van der Waals surface area (Å²) in [4.78, 5) is 21.6. The molecule has 0 fully saturated rings. The van der Waals surface area contributed by atoms with Crippen LogP contribution >= 0.6 is 0 Å². The average Bonchev–Trinajstić information content (AvgIpc) is 2.40. The van der Waals surface area contributed by atoms with Crippen LogP contribution < -0.4 is 10.1 Å². The molecule has 0 bridgehead atoms. The molecule has 0 aliphatic rings. The summed E-state index contributed by atoms with van der Waals surface area (Å²) < 4.78 is 13.6. The van der Waals surface area contributed by atoms with E-state index in [1.165, 1.54) is 14.2 Å². The monoisotopic (exact) mass is 253 g/mol. The van der Waals surface area contributed by atoms with Crippen molar-refractivity contribution in [1.82, 2.24) is 5.32 Å². The van der Waals surface area contributed by atoms with E-state index in [4.69, 9.17) is 4.74 Å². The summed E-state index contributed by atoms with van der Waals surface area (Å²) >= 11 is 0. The van der Waals surface area contributed by atoms with Crippen molar-refractivity contribution in [2.75, 3.05) is 20.8 Å². The lowest BCUT2D eigenvalue weighted by atomic mass is 10.1. The molecular weight excluding hydrogens is 238 g/mol. The maximum absolute atomic E-state index is 10.8. The fourth-order valence-corrected chi connectivity index (χ4v) is 1.24. The highest BCUT2D eigenvalue weighted by Crippen LogP contribution is 2.12. The minimum atomic E-state index is -0.755. The van der Waals surface area contributed by atoms with Gasteiger partial charge in [0.2, 0.25) is 0 Å². The average molecular weight is 253 g/mol. The highest BCUT2D eigenvalue weighted by molar-refractivity contribution is 5.66. The number of ether oxygens (including phenoxy) is 3. The minimum Gasteiger partial charge on any atom is -0.453 e. The molecule has 1 aromatic carbocycles. The lowest BCUT2D eigenvalue weighted by molar-refractivity contribution is 0.121. The van der Waals surface area contributed by atoms with Crippen molar-refractivity contribution in [3.05, 3.63) is 29.8 Å². The number of carbonyl (C=O) groups excluding carboxylic acids is 2. The van der Waals surface area contributed by atoms with E-state index >= 15 is 0 Å². The van der Waals surface area contributed by atoms with E-state index < -0.39 is 12.2 Å². The van der Waals surface area contributed by atoms with Crippen molar-refractivity contribution in [3.63, 3.8) is 0 Å². The molecule has 18 heavy (non-hydrogen) atoms. The molecule has 6 heteroatoms. The van der Waals surface area contributed by atoms with Gasteiger partial charge in [0.15, 0.2) is 0 Å². The van der Waals surface area contributed by atoms with Crippen LogP contribution in [-0.4, -0.2) is 33.0 Å². The molecule has 0 unspecified atom stereocenters. The topological polar surface area (TPSA) is 73.9 Å². The molecule has 0 spiro atoms. The fraction of sp³-hybridized carbons (Fsp3) is 0.333. The van der Waals surface area contributed by atoms with Gasteiger partial charge in [0.1, 0.15) is 5.75 Å². The number of hydrogen-bond donors (Lipinski definition) is 1. The van der Waals surface area contributed by atoms with Gasteiger partial charge in [-0.15, -0.1) is 0 Å². The third kappa shape index (κ3) is 4.73. The van der Waals surface area contributed by atoms with Crippen molar-refractivity contribution in [2.45, 2.75) is 6.42 Å². The van der Waals surface area contributed by atoms with Crippen LogP contribution in [-0.2, 0) is 15.9 Å². The van der Waals surface area contributed by atoms with Gasteiger partial charge in [0.05, 0.1) is 14.2 Å². The highest BCUT2D eigenvalue weighted by atomic mass is 16.7. The number of carbonyl (C=O) groups is 2. The summed E-state index contributed by atoms with van der Waals surface area (Å²) in [6, 6.07) is 6.92. The van der Waals surface area contributed by atoms with Gasteiger partial charge in [-0.1, -0.05) is 12.1 Å². The Morgan fingerprint density at radius 3 is 2.33 bits per heavy atom. The molecule has 1 aromatic rings. The Morgan fingerprint density at radius 2 is 1.78 bits per heavy atom. The van der Waals surface area contributed by atoms with Crippen LogP contribution in [0.4, 0.5) is 9.59 Å². The number of benzene rings is 1. The molecule has 0 saturated heterocycles. The zero-order chi connectivity index (χ0) is 13.4. The van der Waals surface area contributed by atoms with Gasteiger partial charge in [0.25, 0.3) is 0 Å². The molecule has 0 aromatic heterocycles. The van der Waals surface area contributed by atoms with Gasteiger partial charge in [-0.3, -0.25) is 0 Å². The lowest BCUT2D eigenvalue weighted by Gasteiger charge is -2.05. The van der Waals surface area contributed by atoms with Crippen LogP contribution in [0.25, 0.3) is 0 Å². The first-order chi connectivity index (χ1) is 8.65. The first-order valence-corrected chi connectivity index (χ1v) is 5.32. The van der Waals surface area contributed by atoms with Gasteiger partial charge in [-0.05, 0) is 24.1 Å². The van der Waals surface area contributed by atoms with Gasteiger partial charge < -0.3 is 19.5 Å². The SMILES string of the molecule is COC(=O)NCCc1ccc(OC(=O)OC)cc1. The number of methoxy groups -OCH3 is 2. The fourth-order valence-electron chi connectivity index (χ4n) is 1.24. The minimum absolute atomic E-state index is 0.409. The van der Waals surface area contributed by atoms with Crippen molar-refractivity contribution in [1.29, 1.82) is 0 Å². The standard InChI is InChI=1S/C12H15NO5/c1-16-11(14)13-8-7-9-3-5-10(6-4-9)18-12(15)17-2/h3-6H,7-8H2,1-2H3,(H,13,14). The van der Waals surface area contributed by atoms with Gasteiger partial charge in [0, 0.05) is 6.54 Å². The smallest absolute Gasteiger partial charge is 0.453 e. The molecule has 1 rings (SSSR count). The van der Waals surface area contributed by atoms with Gasteiger partial charge in [-0.2, -0.15) is 0 Å². The third-order valence-corrected chi connectivity index (χ3v) is 2.16. The molecule has 1 amide bonds. The summed E-state index contributed by atoms with van der Waals surface area (Å²) in [5, 5.41) is 2.57. The van der Waals surface area contributed by atoms with Crippen LogP contribution in [0, 0.1) is 0 Å². The second-order valence-corrected chi connectivity index (χ2v) is 3.37. The third-order valence-electron chi connectivity index (χ3n) is 2.16. The lowest BCUT2D eigenvalue weighted by Crippen LogP contribution is -2.25. The molecule has 0 aliphatic heterocycles. The predicted octanol–water partition coefficient (Wildman–Crippen LogP) is 1.73. The number of rotatable bonds is 4. The van der Waals surface area contributed by atoms with Crippen LogP contribution in [0.1, 0.15) is 5.56 Å². The second kappa shape index (κ2) is 7.16. The molecule has 0 radical (unpaired) electrons. The Morgan fingerprint density at radius 1 is 1.11 bits per heavy atom. The highest BCUT2D eigenvalue weighted by Gasteiger charge is 2.03. The van der Waals surface area contributed by atoms with Crippen molar-refractivity contribution >= 4 is 12.2 Å². The Kier molecular flexibility index (Phi) is 5.50. The first kappa shape index (κ1) is 13.8. The Labute approximate surface area is 105 Å². The Balaban J connectivity index is 2.40. The number of amides is 1. The van der Waals surface area contributed by atoms with Crippen molar-refractivity contribution in [2.24, 2.45) is 0 Å². The van der Waals surface area contributed by atoms with Crippen LogP contribution in [0.2, 0.25) is 0 Å². The summed E-state index contributed by atoms with van der Waals surface area (Å²) in [5.74, 6) is 0.409. The number of hydrogen-bond acceptors (Lipinski definition) is 5.